The fraction of sp³-hybridized carbons (Fsp3) is 0.591. The molecule has 2 aromatic heterocycles. The lowest BCUT2D eigenvalue weighted by molar-refractivity contribution is -0.509. The number of aromatic nitrogens is 4. The number of rotatable bonds is 7. The van der Waals surface area contributed by atoms with Crippen molar-refractivity contribution < 1.29 is 43.2 Å². The van der Waals surface area contributed by atoms with Crippen molar-refractivity contribution in [3.05, 3.63) is 37.4 Å². The second kappa shape index (κ2) is 21.3. The molecule has 2 N–H and O–H groups in total. The van der Waals surface area contributed by atoms with Crippen molar-refractivity contribution in [2.75, 3.05) is 58.2 Å². The maximum absolute atomic E-state index is 11.4. The predicted octanol–water partition coefficient (Wildman–Crippen LogP) is 2.02. The van der Waals surface area contributed by atoms with Gasteiger partial charge in [-0.25, -0.2) is 33.5 Å². The van der Waals surface area contributed by atoms with Crippen molar-refractivity contribution in [2.24, 2.45) is 5.73 Å². The lowest BCUT2D eigenvalue weighted by Gasteiger charge is -2.31. The molecule has 216 valence electrons. The van der Waals surface area contributed by atoms with E-state index in [1.54, 1.807) is 0 Å². The zero-order chi connectivity index (χ0) is 27.4. The van der Waals surface area contributed by atoms with Crippen LogP contribution in [0.2, 0.25) is 0 Å². The molecule has 0 saturated carbocycles. The van der Waals surface area contributed by atoms with E-state index in [9.17, 15) is 19.5 Å². The Morgan fingerprint density at radius 1 is 1.03 bits per heavy atom. The first-order valence-electron chi connectivity index (χ1n) is 11.2. The van der Waals surface area contributed by atoms with E-state index < -0.39 is 17.3 Å². The van der Waals surface area contributed by atoms with Gasteiger partial charge in [0.25, 0.3) is 0 Å². The second-order valence-electron chi connectivity index (χ2n) is 6.46. The number of ether oxygens (including phenoxy) is 5. The molecule has 2 aliphatic rings. The van der Waals surface area contributed by atoms with Gasteiger partial charge in [-0.2, -0.15) is 0 Å². The van der Waals surface area contributed by atoms with Gasteiger partial charge in [-0.15, -0.1) is 11.8 Å². The highest BCUT2D eigenvalue weighted by Gasteiger charge is 2.20. The Balaban J connectivity index is 0.000000657. The Kier molecular flexibility index (Phi) is 19.8. The Morgan fingerprint density at radius 2 is 1.58 bits per heavy atom. The van der Waals surface area contributed by atoms with Gasteiger partial charge in [0.05, 0.1) is 19.8 Å². The summed E-state index contributed by atoms with van der Waals surface area (Å²) >= 11 is 2.60. The van der Waals surface area contributed by atoms with Gasteiger partial charge in [0, 0.05) is 41.4 Å². The maximum atomic E-state index is 11.4. The van der Waals surface area contributed by atoms with Gasteiger partial charge in [0.1, 0.15) is 32.5 Å². The predicted molar refractivity (Wildman–Crippen MR) is 141 cm³/mol. The topological polar surface area (TPSA) is 182 Å². The van der Waals surface area contributed by atoms with Gasteiger partial charge in [0.2, 0.25) is 0 Å². The highest BCUT2D eigenvalue weighted by atomic mass is 32.2. The highest BCUT2D eigenvalue weighted by molar-refractivity contribution is 8.13. The van der Waals surface area contributed by atoms with Crippen LogP contribution in [0, 0.1) is 0 Å². The Morgan fingerprint density at radius 3 is 1.87 bits per heavy atom. The molecule has 0 bridgehead atoms. The second-order valence-corrected chi connectivity index (χ2v) is 8.81. The number of carbonyl (C=O) groups excluding carboxylic acids is 3. The normalized spacial score (nSPS) is 17.2. The van der Waals surface area contributed by atoms with Crippen LogP contribution < -0.4 is 10.8 Å². The summed E-state index contributed by atoms with van der Waals surface area (Å²) < 4.78 is 26.8. The van der Waals surface area contributed by atoms with Gasteiger partial charge in [0.15, 0.2) is 0 Å². The number of nitrogens with zero attached hydrogens (tertiary/aromatic N) is 4. The zero-order valence-electron chi connectivity index (χ0n) is 20.7. The van der Waals surface area contributed by atoms with Crippen LogP contribution in [0.4, 0.5) is 14.4 Å². The highest BCUT2D eigenvalue weighted by Crippen LogP contribution is 2.29. The average Bonchev–Trinajstić information content (AvgIpc) is 3.74. The van der Waals surface area contributed by atoms with Crippen LogP contribution in [0.15, 0.2) is 37.4 Å². The van der Waals surface area contributed by atoms with Crippen molar-refractivity contribution in [1.82, 2.24) is 19.1 Å². The molecule has 16 heteroatoms. The number of hydrogen-bond donors (Lipinski definition) is 1. The molecule has 4 heterocycles. The molecule has 2 saturated heterocycles. The van der Waals surface area contributed by atoms with E-state index >= 15 is 0 Å². The Labute approximate surface area is 230 Å². The van der Waals surface area contributed by atoms with Gasteiger partial charge < -0.3 is 34.5 Å². The molecule has 2 aliphatic heterocycles. The summed E-state index contributed by atoms with van der Waals surface area (Å²) in [6.45, 7) is 3.71. The van der Waals surface area contributed by atoms with Crippen LogP contribution in [0.3, 0.4) is 0 Å². The number of thioether (sulfide) groups is 2. The molecule has 2 aromatic rings. The lowest BCUT2D eigenvalue weighted by Crippen LogP contribution is -2.38. The van der Waals surface area contributed by atoms with Crippen LogP contribution in [0.25, 0.3) is 0 Å². The largest absolute Gasteiger partial charge is 0.820 e. The van der Waals surface area contributed by atoms with Crippen LogP contribution in [0.5, 0.6) is 0 Å². The maximum Gasteiger partial charge on any atom is 0.419 e. The summed E-state index contributed by atoms with van der Waals surface area (Å²) in [6, 6.07) is 0. The molecule has 0 spiro atoms. The zero-order valence-corrected chi connectivity index (χ0v) is 22.3. The third-order valence-corrected chi connectivity index (χ3v) is 5.96. The molecule has 2 fully saturated rings. The van der Waals surface area contributed by atoms with Crippen LogP contribution in [0.1, 0.15) is 20.8 Å². The Bertz CT molecular complexity index is 822. The SMILES string of the molecule is C.CCC1([O-])OCCS1.CN.O=C(OCCOCCOC(=O)n1ccnc1)n1ccnc1.O=C1OCCS1. The number of imidazole rings is 2. The number of nitrogens with two attached hydrogens (primary N) is 1. The summed E-state index contributed by atoms with van der Waals surface area (Å²) in [4.78, 5) is 40.2. The van der Waals surface area contributed by atoms with Gasteiger partial charge in [-0.1, -0.05) is 14.4 Å². The molecule has 1 atom stereocenters. The van der Waals surface area contributed by atoms with Gasteiger partial charge >= 0.3 is 17.5 Å². The summed E-state index contributed by atoms with van der Waals surface area (Å²) in [6.07, 6.45) is 8.14. The number of hydrogen-bond acceptors (Lipinski definition) is 14. The fourth-order valence-corrected chi connectivity index (χ4v) is 3.64. The first-order valence-corrected chi connectivity index (χ1v) is 13.1. The van der Waals surface area contributed by atoms with Crippen LogP contribution in [-0.4, -0.2) is 99.9 Å². The van der Waals surface area contributed by atoms with Crippen LogP contribution in [-0.2, 0) is 23.7 Å². The minimum Gasteiger partial charge on any atom is -0.820 e. The first-order chi connectivity index (χ1) is 17.9. The summed E-state index contributed by atoms with van der Waals surface area (Å²) in [5.41, 5.74) is 4.50. The molecule has 1 unspecified atom stereocenters. The minimum absolute atomic E-state index is 0. The van der Waals surface area contributed by atoms with Crippen molar-refractivity contribution in [2.45, 2.75) is 25.9 Å². The van der Waals surface area contributed by atoms with Crippen molar-refractivity contribution in [3.63, 3.8) is 0 Å². The number of cyclic esters (lactones) is 1. The van der Waals surface area contributed by atoms with Gasteiger partial charge in [-0.05, 0) is 25.2 Å². The molecule has 0 aromatic carbocycles. The fourth-order valence-electron chi connectivity index (χ4n) is 2.29. The van der Waals surface area contributed by atoms with E-state index in [0.717, 1.165) is 11.5 Å². The van der Waals surface area contributed by atoms with E-state index in [-0.39, 0.29) is 39.2 Å². The first kappa shape index (κ1) is 35.4. The molecule has 38 heavy (non-hydrogen) atoms. The molecule has 14 nitrogen and oxygen atoms in total. The van der Waals surface area contributed by atoms with E-state index in [4.69, 9.17) is 18.9 Å². The van der Waals surface area contributed by atoms with Crippen molar-refractivity contribution in [3.8, 4) is 0 Å². The van der Waals surface area contributed by atoms with E-state index in [2.05, 4.69) is 20.4 Å². The minimum atomic E-state index is -1.10. The van der Waals surface area contributed by atoms with Crippen LogP contribution >= 0.6 is 23.5 Å². The van der Waals surface area contributed by atoms with Crippen molar-refractivity contribution >= 4 is 41.0 Å². The molecule has 0 amide bonds. The molecule has 0 radical (unpaired) electrons. The van der Waals surface area contributed by atoms with Gasteiger partial charge in [-0.3, -0.25) is 0 Å². The molecule has 0 aliphatic carbocycles. The molecular weight excluding hydrogens is 542 g/mol. The average molecular weight is 579 g/mol. The third kappa shape index (κ3) is 14.9. The Hall–Kier alpha value is -2.63. The lowest BCUT2D eigenvalue weighted by atomic mass is 10.5. The summed E-state index contributed by atoms with van der Waals surface area (Å²) in [5.74, 6) is 1.69. The summed E-state index contributed by atoms with van der Waals surface area (Å²) in [5, 5.41) is 9.78. The quantitative estimate of drug-likeness (QED) is 0.286. The standard InChI is InChI=1S/C12H14N4O5.C5H9O2S.C3H4O2S.CH5N.CH4/c17-11(15-3-1-13-9-15)20-7-5-19-6-8-21-12(18)16-4-2-14-10-16;1-2-5(6)7-3-4-8-5;4-3-5-1-2-6-3;1-2;/h1-4,9-10H,5-8H2;2-4H2,1H3;1-2H2;2H2,1H3;1H4/q;-1;;;. The summed E-state index contributed by atoms with van der Waals surface area (Å²) in [7, 11) is 1.50. The van der Waals surface area contributed by atoms with E-state index in [1.807, 2.05) is 6.92 Å². The van der Waals surface area contributed by atoms with E-state index in [1.165, 1.54) is 77.1 Å². The van der Waals surface area contributed by atoms with Crippen molar-refractivity contribution in [1.29, 1.82) is 0 Å². The number of carbonyl (C=O) groups is 3. The third-order valence-electron chi connectivity index (χ3n) is 4.02. The monoisotopic (exact) mass is 578 g/mol. The van der Waals surface area contributed by atoms with E-state index in [0.29, 0.717) is 19.6 Å². The smallest absolute Gasteiger partial charge is 0.419 e. The molecular formula is C22H36N5O9S2-. The molecule has 4 rings (SSSR count).